The van der Waals surface area contributed by atoms with E-state index in [0.29, 0.717) is 0 Å². The van der Waals surface area contributed by atoms with Gasteiger partial charge in [0.1, 0.15) is 5.01 Å². The molecule has 0 aliphatic rings. The minimum Gasteiger partial charge on any atom is -0.236 e. The quantitative estimate of drug-likeness (QED) is 0.267. The second-order valence-electron chi connectivity index (χ2n) is 8.10. The van der Waals surface area contributed by atoms with E-state index in [2.05, 4.69) is 121 Å². The van der Waals surface area contributed by atoms with Crippen molar-refractivity contribution < 1.29 is 0 Å². The molecule has 0 N–H and O–H groups in total. The number of hydrogen-bond donors (Lipinski definition) is 0. The van der Waals surface area contributed by atoms with E-state index in [1.807, 2.05) is 6.07 Å². The second-order valence-corrected chi connectivity index (χ2v) is 9.13. The molecule has 0 saturated heterocycles. The molecule has 6 aromatic rings. The minimum absolute atomic E-state index is 1.06. The number of para-hydroxylation sites is 1. The molecule has 2 heteroatoms. The molecule has 0 amide bonds. The SMILES string of the molecule is c1ccc(-c2cc(-c3ccccc3)cc(-c3ccc(-c4nc5ccccc5s4)cc3)c2)cc1. The van der Waals surface area contributed by atoms with Crippen LogP contribution in [0.15, 0.2) is 127 Å². The molecule has 0 unspecified atom stereocenters. The Morgan fingerprint density at radius 3 is 1.39 bits per heavy atom. The zero-order valence-corrected chi connectivity index (χ0v) is 18.8. The van der Waals surface area contributed by atoms with Crippen molar-refractivity contribution in [1.29, 1.82) is 0 Å². The van der Waals surface area contributed by atoms with Crippen LogP contribution in [0.5, 0.6) is 0 Å². The predicted octanol–water partition coefficient (Wildman–Crippen LogP) is 8.96. The fourth-order valence-electron chi connectivity index (χ4n) is 4.19. The maximum absolute atomic E-state index is 4.81. The molecular formula is C31H21NS. The number of fused-ring (bicyclic) bond motifs is 1. The van der Waals surface area contributed by atoms with E-state index in [-0.39, 0.29) is 0 Å². The largest absolute Gasteiger partial charge is 0.236 e. The van der Waals surface area contributed by atoms with Crippen LogP contribution in [0, 0.1) is 0 Å². The van der Waals surface area contributed by atoms with Gasteiger partial charge in [0.05, 0.1) is 10.2 Å². The van der Waals surface area contributed by atoms with Crippen LogP contribution < -0.4 is 0 Å². The standard InChI is InChI=1S/C31H21NS/c1-3-9-22(10-4-1)26-19-27(23-11-5-2-6-12-23)21-28(20-26)24-15-17-25(18-16-24)31-32-29-13-7-8-14-30(29)33-31/h1-21H. The van der Waals surface area contributed by atoms with Crippen molar-refractivity contribution in [3.63, 3.8) is 0 Å². The molecule has 0 aliphatic heterocycles. The van der Waals surface area contributed by atoms with Gasteiger partial charge in [0.25, 0.3) is 0 Å². The highest BCUT2D eigenvalue weighted by Gasteiger charge is 2.09. The average Bonchev–Trinajstić information content (AvgIpc) is 3.34. The van der Waals surface area contributed by atoms with E-state index in [4.69, 9.17) is 4.98 Å². The summed E-state index contributed by atoms with van der Waals surface area (Å²) in [6.07, 6.45) is 0. The van der Waals surface area contributed by atoms with Gasteiger partial charge in [-0.05, 0) is 63.7 Å². The van der Waals surface area contributed by atoms with Gasteiger partial charge in [0.2, 0.25) is 0 Å². The highest BCUT2D eigenvalue weighted by Crippen LogP contribution is 2.35. The van der Waals surface area contributed by atoms with Crippen LogP contribution in [0.3, 0.4) is 0 Å². The first-order valence-corrected chi connectivity index (χ1v) is 11.9. The van der Waals surface area contributed by atoms with Gasteiger partial charge >= 0.3 is 0 Å². The molecule has 0 radical (unpaired) electrons. The molecular weight excluding hydrogens is 418 g/mol. The molecule has 0 aliphatic carbocycles. The lowest BCUT2D eigenvalue weighted by Gasteiger charge is -2.11. The summed E-state index contributed by atoms with van der Waals surface area (Å²) >= 11 is 1.74. The number of nitrogens with zero attached hydrogens (tertiary/aromatic N) is 1. The Morgan fingerprint density at radius 1 is 0.394 bits per heavy atom. The summed E-state index contributed by atoms with van der Waals surface area (Å²) in [7, 11) is 0. The Bertz CT molecular complexity index is 1440. The molecule has 0 saturated carbocycles. The number of benzene rings is 5. The van der Waals surface area contributed by atoms with Crippen LogP contribution in [0.1, 0.15) is 0 Å². The van der Waals surface area contributed by atoms with Crippen LogP contribution in [0.4, 0.5) is 0 Å². The summed E-state index contributed by atoms with van der Waals surface area (Å²) in [5, 5.41) is 1.06. The third-order valence-corrected chi connectivity index (χ3v) is 6.99. The van der Waals surface area contributed by atoms with Gasteiger partial charge in [0.15, 0.2) is 0 Å². The Balaban J connectivity index is 1.43. The number of aromatic nitrogens is 1. The van der Waals surface area contributed by atoms with Gasteiger partial charge in [-0.3, -0.25) is 0 Å². The summed E-state index contributed by atoms with van der Waals surface area (Å²) in [6.45, 7) is 0. The summed E-state index contributed by atoms with van der Waals surface area (Å²) in [6, 6.07) is 45.1. The Hall–Kier alpha value is -4.01. The van der Waals surface area contributed by atoms with Crippen molar-refractivity contribution in [2.75, 3.05) is 0 Å². The number of thiazole rings is 1. The molecule has 1 heterocycles. The smallest absolute Gasteiger partial charge is 0.124 e. The summed E-state index contributed by atoms with van der Waals surface area (Å²) in [5.74, 6) is 0. The maximum atomic E-state index is 4.81. The Kier molecular flexibility index (Phi) is 5.06. The van der Waals surface area contributed by atoms with Gasteiger partial charge in [-0.1, -0.05) is 97.1 Å². The van der Waals surface area contributed by atoms with E-state index in [0.717, 1.165) is 16.1 Å². The Labute approximate surface area is 197 Å². The molecule has 0 bridgehead atoms. The average molecular weight is 440 g/mol. The molecule has 1 nitrogen and oxygen atoms in total. The summed E-state index contributed by atoms with van der Waals surface area (Å²) < 4.78 is 1.22. The van der Waals surface area contributed by atoms with E-state index < -0.39 is 0 Å². The van der Waals surface area contributed by atoms with Crippen molar-refractivity contribution in [2.45, 2.75) is 0 Å². The van der Waals surface area contributed by atoms with Gasteiger partial charge in [-0.15, -0.1) is 11.3 Å². The lowest BCUT2D eigenvalue weighted by molar-refractivity contribution is 1.47. The van der Waals surface area contributed by atoms with E-state index in [9.17, 15) is 0 Å². The highest BCUT2D eigenvalue weighted by molar-refractivity contribution is 7.21. The molecule has 0 fully saturated rings. The van der Waals surface area contributed by atoms with Crippen molar-refractivity contribution >= 4 is 21.6 Å². The molecule has 6 rings (SSSR count). The summed E-state index contributed by atoms with van der Waals surface area (Å²) in [5.41, 5.74) is 9.53. The lowest BCUT2D eigenvalue weighted by Crippen LogP contribution is -1.86. The fourth-order valence-corrected chi connectivity index (χ4v) is 5.16. The molecule has 0 spiro atoms. The fraction of sp³-hybridized carbons (Fsp3) is 0. The molecule has 156 valence electrons. The monoisotopic (exact) mass is 439 g/mol. The van der Waals surface area contributed by atoms with E-state index in [1.54, 1.807) is 11.3 Å². The topological polar surface area (TPSA) is 12.9 Å². The van der Waals surface area contributed by atoms with Crippen LogP contribution in [0.25, 0.3) is 54.2 Å². The molecule has 33 heavy (non-hydrogen) atoms. The van der Waals surface area contributed by atoms with Crippen LogP contribution in [0.2, 0.25) is 0 Å². The second kappa shape index (κ2) is 8.50. The maximum Gasteiger partial charge on any atom is 0.124 e. The van der Waals surface area contributed by atoms with E-state index >= 15 is 0 Å². The predicted molar refractivity (Wildman–Crippen MR) is 141 cm³/mol. The number of hydrogen-bond acceptors (Lipinski definition) is 2. The van der Waals surface area contributed by atoms with Crippen molar-refractivity contribution in [2.24, 2.45) is 0 Å². The first-order valence-electron chi connectivity index (χ1n) is 11.1. The van der Waals surface area contributed by atoms with Crippen molar-refractivity contribution in [3.05, 3.63) is 127 Å². The summed E-state index contributed by atoms with van der Waals surface area (Å²) in [4.78, 5) is 4.81. The van der Waals surface area contributed by atoms with Crippen LogP contribution in [-0.4, -0.2) is 4.98 Å². The molecule has 0 atom stereocenters. The lowest BCUT2D eigenvalue weighted by atomic mass is 9.93. The highest BCUT2D eigenvalue weighted by atomic mass is 32.1. The van der Waals surface area contributed by atoms with Crippen molar-refractivity contribution in [1.82, 2.24) is 4.98 Å². The van der Waals surface area contributed by atoms with Gasteiger partial charge in [-0.2, -0.15) is 0 Å². The van der Waals surface area contributed by atoms with Crippen LogP contribution >= 0.6 is 11.3 Å². The first-order chi connectivity index (χ1) is 16.3. The van der Waals surface area contributed by atoms with Gasteiger partial charge in [0, 0.05) is 5.56 Å². The molecule has 5 aromatic carbocycles. The Morgan fingerprint density at radius 2 is 0.848 bits per heavy atom. The first kappa shape index (κ1) is 19.7. The normalized spacial score (nSPS) is 11.0. The zero-order valence-electron chi connectivity index (χ0n) is 18.0. The van der Waals surface area contributed by atoms with Gasteiger partial charge < -0.3 is 0 Å². The minimum atomic E-state index is 1.06. The van der Waals surface area contributed by atoms with Crippen LogP contribution in [-0.2, 0) is 0 Å². The zero-order chi connectivity index (χ0) is 22.0. The third-order valence-electron chi connectivity index (χ3n) is 5.91. The van der Waals surface area contributed by atoms with Gasteiger partial charge in [-0.25, -0.2) is 4.98 Å². The van der Waals surface area contributed by atoms with Crippen molar-refractivity contribution in [3.8, 4) is 44.0 Å². The molecule has 1 aromatic heterocycles. The number of rotatable bonds is 4. The van der Waals surface area contributed by atoms with E-state index in [1.165, 1.54) is 38.1 Å². The third kappa shape index (κ3) is 3.97.